The summed E-state index contributed by atoms with van der Waals surface area (Å²) >= 11 is 0. The minimum Gasteiger partial charge on any atom is -0.456 e. The largest absolute Gasteiger partial charge is 0.456 e. The number of hydrogen-bond acceptors (Lipinski definition) is 2. The number of fused-ring (bicyclic) bond motifs is 6. The average molecular weight is 714 g/mol. The summed E-state index contributed by atoms with van der Waals surface area (Å²) in [7, 11) is 0. The van der Waals surface area contributed by atoms with Gasteiger partial charge < -0.3 is 9.32 Å². The standard InChI is InChI=1S/C54H35NO/c1-2-12-36(13-3-1)40-25-26-42-34-44(29-28-41(42)32-40)55(45-30-31-49-48-19-8-9-23-52(48)56-53(49)35-45)51-22-11-21-50(47-20-10-17-38-15-6-7-18-46(38)47)54(51)43-27-24-37-14-4-5-16-39(37)33-43/h1-35H. The molecule has 2 heteroatoms. The van der Waals surface area contributed by atoms with Crippen LogP contribution in [0.25, 0.3) is 87.6 Å². The monoisotopic (exact) mass is 713 g/mol. The summed E-state index contributed by atoms with van der Waals surface area (Å²) in [4.78, 5) is 2.41. The van der Waals surface area contributed by atoms with Gasteiger partial charge >= 0.3 is 0 Å². The van der Waals surface area contributed by atoms with Gasteiger partial charge in [0.25, 0.3) is 0 Å². The van der Waals surface area contributed by atoms with Gasteiger partial charge in [-0.05, 0) is 109 Å². The SMILES string of the molecule is c1ccc(-c2ccc3cc(N(c4ccc5c(c4)oc4ccccc45)c4cccc(-c5cccc6ccccc56)c4-c4ccc5ccccc5c4)ccc3c2)cc1. The molecule has 0 saturated heterocycles. The van der Waals surface area contributed by atoms with E-state index in [1.54, 1.807) is 0 Å². The van der Waals surface area contributed by atoms with E-state index in [1.807, 2.05) is 12.1 Å². The van der Waals surface area contributed by atoms with E-state index < -0.39 is 0 Å². The lowest BCUT2D eigenvalue weighted by Gasteiger charge is -2.30. The first-order valence-electron chi connectivity index (χ1n) is 19.2. The van der Waals surface area contributed by atoms with Gasteiger partial charge in [0.15, 0.2) is 0 Å². The molecule has 1 aromatic heterocycles. The van der Waals surface area contributed by atoms with Gasteiger partial charge in [-0.2, -0.15) is 0 Å². The lowest BCUT2D eigenvalue weighted by Crippen LogP contribution is -2.12. The van der Waals surface area contributed by atoms with E-state index in [2.05, 4.69) is 205 Å². The third-order valence-electron chi connectivity index (χ3n) is 11.2. The van der Waals surface area contributed by atoms with E-state index in [0.29, 0.717) is 0 Å². The van der Waals surface area contributed by atoms with Crippen LogP contribution in [0.3, 0.4) is 0 Å². The molecular formula is C54H35NO. The highest BCUT2D eigenvalue weighted by molar-refractivity contribution is 6.08. The van der Waals surface area contributed by atoms with Crippen molar-refractivity contribution in [1.29, 1.82) is 0 Å². The highest BCUT2D eigenvalue weighted by atomic mass is 16.3. The number of hydrogen-bond donors (Lipinski definition) is 0. The molecule has 0 aliphatic heterocycles. The van der Waals surface area contributed by atoms with Crippen molar-refractivity contribution in [2.45, 2.75) is 0 Å². The maximum Gasteiger partial charge on any atom is 0.137 e. The Hall–Kier alpha value is -7.42. The lowest BCUT2D eigenvalue weighted by molar-refractivity contribution is 0.669. The number of anilines is 3. The van der Waals surface area contributed by atoms with Crippen LogP contribution in [0.4, 0.5) is 17.1 Å². The summed E-state index contributed by atoms with van der Waals surface area (Å²) in [6.07, 6.45) is 0. The molecule has 1 heterocycles. The molecule has 0 atom stereocenters. The predicted octanol–water partition coefficient (Wildman–Crippen LogP) is 15.5. The summed E-state index contributed by atoms with van der Waals surface area (Å²) < 4.78 is 6.52. The van der Waals surface area contributed by atoms with Gasteiger partial charge in [-0.3, -0.25) is 0 Å². The first kappa shape index (κ1) is 32.0. The van der Waals surface area contributed by atoms with Crippen LogP contribution in [0.2, 0.25) is 0 Å². The van der Waals surface area contributed by atoms with Crippen LogP contribution in [0.5, 0.6) is 0 Å². The predicted molar refractivity (Wildman–Crippen MR) is 237 cm³/mol. The topological polar surface area (TPSA) is 16.4 Å². The Bertz CT molecular complexity index is 3260. The van der Waals surface area contributed by atoms with Crippen LogP contribution in [0, 0.1) is 0 Å². The van der Waals surface area contributed by atoms with Gasteiger partial charge in [0.05, 0.1) is 5.69 Å². The van der Waals surface area contributed by atoms with Gasteiger partial charge in [0, 0.05) is 33.8 Å². The minimum atomic E-state index is 0.861. The van der Waals surface area contributed by atoms with Crippen LogP contribution in [-0.2, 0) is 0 Å². The van der Waals surface area contributed by atoms with Crippen molar-refractivity contribution in [2.24, 2.45) is 0 Å². The second-order valence-electron chi connectivity index (χ2n) is 14.5. The maximum atomic E-state index is 6.52. The van der Waals surface area contributed by atoms with Gasteiger partial charge in [-0.1, -0.05) is 158 Å². The quantitative estimate of drug-likeness (QED) is 0.171. The Morgan fingerprint density at radius 3 is 1.80 bits per heavy atom. The molecule has 262 valence electrons. The number of rotatable bonds is 6. The van der Waals surface area contributed by atoms with Crippen LogP contribution in [0.1, 0.15) is 0 Å². The molecule has 56 heavy (non-hydrogen) atoms. The minimum absolute atomic E-state index is 0.861. The first-order chi connectivity index (χ1) is 27.7. The van der Waals surface area contributed by atoms with Crippen LogP contribution >= 0.6 is 0 Å². The summed E-state index contributed by atoms with van der Waals surface area (Å²) in [5.41, 5.74) is 12.0. The van der Waals surface area contributed by atoms with Crippen molar-refractivity contribution in [3.63, 3.8) is 0 Å². The zero-order valence-electron chi connectivity index (χ0n) is 30.6. The number of furan rings is 1. The molecule has 10 aromatic carbocycles. The molecule has 11 aromatic rings. The molecule has 0 aliphatic rings. The van der Waals surface area contributed by atoms with Gasteiger partial charge in [-0.15, -0.1) is 0 Å². The average Bonchev–Trinajstić information content (AvgIpc) is 3.64. The van der Waals surface area contributed by atoms with E-state index in [0.717, 1.165) is 44.6 Å². The molecule has 0 radical (unpaired) electrons. The lowest BCUT2D eigenvalue weighted by atomic mass is 9.88. The Labute approximate surface area is 325 Å². The number of para-hydroxylation sites is 1. The highest BCUT2D eigenvalue weighted by Crippen LogP contribution is 2.48. The first-order valence-corrected chi connectivity index (χ1v) is 19.2. The molecule has 0 amide bonds. The highest BCUT2D eigenvalue weighted by Gasteiger charge is 2.23. The van der Waals surface area contributed by atoms with Crippen LogP contribution in [-0.4, -0.2) is 0 Å². The molecule has 0 unspecified atom stereocenters. The molecule has 0 aliphatic carbocycles. The summed E-state index contributed by atoms with van der Waals surface area (Å²) in [5, 5.41) is 9.47. The molecule has 0 spiro atoms. The van der Waals surface area contributed by atoms with E-state index in [9.17, 15) is 0 Å². The third kappa shape index (κ3) is 5.42. The molecule has 0 bridgehead atoms. The molecule has 0 saturated carbocycles. The van der Waals surface area contributed by atoms with Crippen molar-refractivity contribution in [3.8, 4) is 33.4 Å². The van der Waals surface area contributed by atoms with E-state index in [4.69, 9.17) is 4.42 Å². The smallest absolute Gasteiger partial charge is 0.137 e. The molecule has 0 fully saturated rings. The Morgan fingerprint density at radius 1 is 0.304 bits per heavy atom. The Kier molecular flexibility index (Phi) is 7.53. The number of benzene rings is 10. The van der Waals surface area contributed by atoms with Crippen LogP contribution < -0.4 is 4.90 Å². The summed E-state index contributed by atoms with van der Waals surface area (Å²) in [5.74, 6) is 0. The van der Waals surface area contributed by atoms with Gasteiger partial charge in [0.1, 0.15) is 11.2 Å². The van der Waals surface area contributed by atoms with E-state index in [-0.39, 0.29) is 0 Å². The normalized spacial score (nSPS) is 11.6. The zero-order valence-corrected chi connectivity index (χ0v) is 30.6. The van der Waals surface area contributed by atoms with Gasteiger partial charge in [0.2, 0.25) is 0 Å². The maximum absolute atomic E-state index is 6.52. The van der Waals surface area contributed by atoms with Crippen molar-refractivity contribution < 1.29 is 4.42 Å². The van der Waals surface area contributed by atoms with Crippen molar-refractivity contribution >= 4 is 71.3 Å². The number of nitrogens with zero attached hydrogens (tertiary/aromatic N) is 1. The van der Waals surface area contributed by atoms with Crippen molar-refractivity contribution in [2.75, 3.05) is 4.90 Å². The van der Waals surface area contributed by atoms with E-state index in [1.165, 1.54) is 60.1 Å². The second kappa shape index (κ2) is 13.2. The molecule has 2 nitrogen and oxygen atoms in total. The van der Waals surface area contributed by atoms with Crippen LogP contribution in [0.15, 0.2) is 217 Å². The fourth-order valence-electron chi connectivity index (χ4n) is 8.52. The summed E-state index contributed by atoms with van der Waals surface area (Å²) in [6.45, 7) is 0. The summed E-state index contributed by atoms with van der Waals surface area (Å²) in [6, 6.07) is 76.7. The zero-order chi connectivity index (χ0) is 37.0. The third-order valence-corrected chi connectivity index (χ3v) is 11.2. The molecular weight excluding hydrogens is 679 g/mol. The fourth-order valence-corrected chi connectivity index (χ4v) is 8.52. The molecule has 0 N–H and O–H groups in total. The fraction of sp³-hybridized carbons (Fsp3) is 0. The second-order valence-corrected chi connectivity index (χ2v) is 14.5. The molecule has 11 rings (SSSR count). The van der Waals surface area contributed by atoms with Crippen molar-refractivity contribution in [3.05, 3.63) is 212 Å². The Morgan fingerprint density at radius 2 is 0.893 bits per heavy atom. The van der Waals surface area contributed by atoms with E-state index >= 15 is 0 Å². The van der Waals surface area contributed by atoms with Gasteiger partial charge in [-0.25, -0.2) is 0 Å². The Balaban J connectivity index is 1.19. The van der Waals surface area contributed by atoms with Crippen molar-refractivity contribution in [1.82, 2.24) is 0 Å².